The fraction of sp³-hybridized carbons (Fsp3) is 0.438. The van der Waals surface area contributed by atoms with Crippen molar-refractivity contribution in [3.8, 4) is 5.88 Å². The molecule has 0 bridgehead atoms. The van der Waals surface area contributed by atoms with Gasteiger partial charge in [0.05, 0.1) is 11.6 Å². The molecule has 0 aromatic carbocycles. The van der Waals surface area contributed by atoms with Crippen molar-refractivity contribution in [1.82, 2.24) is 20.6 Å². The lowest BCUT2D eigenvalue weighted by molar-refractivity contribution is -0.141. The Balaban J connectivity index is 0.00000450. The van der Waals surface area contributed by atoms with Crippen LogP contribution >= 0.6 is 35.3 Å². The van der Waals surface area contributed by atoms with E-state index in [0.29, 0.717) is 11.0 Å². The third kappa shape index (κ3) is 8.12. The van der Waals surface area contributed by atoms with E-state index >= 15 is 0 Å². The van der Waals surface area contributed by atoms with Crippen LogP contribution < -0.4 is 15.4 Å². The molecule has 2 N–H and O–H groups in total. The largest absolute Gasteiger partial charge is 0.475 e. The summed E-state index contributed by atoms with van der Waals surface area (Å²) in [6.07, 6.45) is -7.60. The first-order chi connectivity index (χ1) is 13.6. The minimum Gasteiger partial charge on any atom is -0.475 e. The van der Waals surface area contributed by atoms with Crippen molar-refractivity contribution in [2.75, 3.05) is 26.7 Å². The number of ether oxygens (including phenoxy) is 1. The molecule has 0 aliphatic rings. The number of pyridine rings is 1. The minimum atomic E-state index is -4.57. The van der Waals surface area contributed by atoms with Crippen LogP contribution in [-0.2, 0) is 18.8 Å². The molecule has 0 amide bonds. The number of thiazole rings is 1. The Hall–Kier alpha value is -1.84. The maximum absolute atomic E-state index is 12.9. The Morgan fingerprint density at radius 3 is 2.43 bits per heavy atom. The fourth-order valence-corrected chi connectivity index (χ4v) is 2.91. The van der Waals surface area contributed by atoms with E-state index in [1.54, 1.807) is 0 Å². The van der Waals surface area contributed by atoms with E-state index in [-0.39, 0.29) is 50.1 Å². The second-order valence-electron chi connectivity index (χ2n) is 5.50. The molecule has 0 fully saturated rings. The number of nitrogens with zero attached hydrogens (tertiary/aromatic N) is 3. The van der Waals surface area contributed by atoms with Crippen LogP contribution in [-0.4, -0.2) is 42.7 Å². The van der Waals surface area contributed by atoms with E-state index < -0.39 is 29.5 Å². The molecule has 0 atom stereocenters. The average molecular weight is 569 g/mol. The molecule has 30 heavy (non-hydrogen) atoms. The molecule has 0 saturated heterocycles. The SMILES string of the molecule is CN=C(NCCOc1ncccc1C(F)(F)F)NCCc1nc(C(F)(F)F)cs1.I. The molecule has 14 heteroatoms. The molecule has 0 aliphatic heterocycles. The number of aliphatic imine (C=N–C) groups is 1. The van der Waals surface area contributed by atoms with Gasteiger partial charge in [-0.25, -0.2) is 9.97 Å². The molecule has 2 rings (SSSR count). The third-order valence-electron chi connectivity index (χ3n) is 3.41. The number of aromatic nitrogens is 2. The van der Waals surface area contributed by atoms with Gasteiger partial charge in [0.25, 0.3) is 0 Å². The molecule has 2 aromatic heterocycles. The zero-order chi connectivity index (χ0) is 21.5. The van der Waals surface area contributed by atoms with Crippen LogP contribution in [0.4, 0.5) is 26.3 Å². The molecule has 168 valence electrons. The van der Waals surface area contributed by atoms with Crippen LogP contribution in [0.3, 0.4) is 0 Å². The molecular weight excluding hydrogens is 551 g/mol. The summed E-state index contributed by atoms with van der Waals surface area (Å²) in [5.74, 6) is -0.202. The number of halogens is 7. The van der Waals surface area contributed by atoms with Crippen molar-refractivity contribution in [2.24, 2.45) is 4.99 Å². The molecule has 2 aromatic rings. The van der Waals surface area contributed by atoms with Crippen LogP contribution in [0.15, 0.2) is 28.7 Å². The second-order valence-corrected chi connectivity index (χ2v) is 6.45. The molecule has 0 unspecified atom stereocenters. The van der Waals surface area contributed by atoms with Gasteiger partial charge in [-0.05, 0) is 12.1 Å². The first-order valence-electron chi connectivity index (χ1n) is 8.22. The van der Waals surface area contributed by atoms with Gasteiger partial charge in [0.15, 0.2) is 11.7 Å². The Morgan fingerprint density at radius 1 is 1.13 bits per heavy atom. The number of guanidine groups is 1. The quantitative estimate of drug-likeness (QED) is 0.174. The summed E-state index contributed by atoms with van der Waals surface area (Å²) in [7, 11) is 1.47. The van der Waals surface area contributed by atoms with Gasteiger partial charge in [-0.1, -0.05) is 0 Å². The molecule has 0 saturated carbocycles. The number of rotatable bonds is 7. The first kappa shape index (κ1) is 26.2. The van der Waals surface area contributed by atoms with E-state index in [0.717, 1.165) is 22.8 Å². The van der Waals surface area contributed by atoms with Gasteiger partial charge in [0, 0.05) is 31.6 Å². The summed E-state index contributed by atoms with van der Waals surface area (Å²) in [5.41, 5.74) is -1.89. The predicted molar refractivity (Wildman–Crippen MR) is 110 cm³/mol. The Kier molecular flexibility index (Phi) is 10.1. The lowest BCUT2D eigenvalue weighted by atomic mass is 10.2. The van der Waals surface area contributed by atoms with Gasteiger partial charge >= 0.3 is 12.4 Å². The van der Waals surface area contributed by atoms with Crippen molar-refractivity contribution in [3.63, 3.8) is 0 Å². The van der Waals surface area contributed by atoms with E-state index in [9.17, 15) is 26.3 Å². The number of nitrogens with one attached hydrogen (secondary N) is 2. The molecular formula is C16H18F6IN5OS. The lowest BCUT2D eigenvalue weighted by Crippen LogP contribution is -2.40. The number of hydrogen-bond acceptors (Lipinski definition) is 5. The Morgan fingerprint density at radius 2 is 1.83 bits per heavy atom. The maximum Gasteiger partial charge on any atom is 0.434 e. The summed E-state index contributed by atoms with van der Waals surface area (Å²) in [5, 5.41) is 6.96. The fourth-order valence-electron chi connectivity index (χ4n) is 2.10. The van der Waals surface area contributed by atoms with Crippen LogP contribution in [0.5, 0.6) is 5.88 Å². The summed E-state index contributed by atoms with van der Waals surface area (Å²) < 4.78 is 81.2. The van der Waals surface area contributed by atoms with E-state index in [1.807, 2.05) is 0 Å². The normalized spacial score (nSPS) is 12.3. The highest BCUT2D eigenvalue weighted by molar-refractivity contribution is 14.0. The lowest BCUT2D eigenvalue weighted by Gasteiger charge is -2.14. The van der Waals surface area contributed by atoms with E-state index in [4.69, 9.17) is 4.74 Å². The van der Waals surface area contributed by atoms with Crippen molar-refractivity contribution in [3.05, 3.63) is 40.0 Å². The molecule has 0 aliphatic carbocycles. The summed E-state index contributed by atoms with van der Waals surface area (Å²) in [4.78, 5) is 11.0. The molecule has 2 heterocycles. The van der Waals surface area contributed by atoms with Gasteiger partial charge in [-0.2, -0.15) is 26.3 Å². The summed E-state index contributed by atoms with van der Waals surface area (Å²) >= 11 is 0.908. The minimum absolute atomic E-state index is 0. The molecule has 6 nitrogen and oxygen atoms in total. The van der Waals surface area contributed by atoms with Crippen molar-refractivity contribution >= 4 is 41.3 Å². The summed E-state index contributed by atoms with van der Waals surface area (Å²) in [6, 6.07) is 2.04. The maximum atomic E-state index is 12.9. The van der Waals surface area contributed by atoms with E-state index in [2.05, 4.69) is 25.6 Å². The highest BCUT2D eigenvalue weighted by atomic mass is 127. The van der Waals surface area contributed by atoms with Gasteiger partial charge in [0.2, 0.25) is 5.88 Å². The predicted octanol–water partition coefficient (Wildman–Crippen LogP) is 3.98. The number of alkyl halides is 6. The first-order valence-corrected chi connectivity index (χ1v) is 9.10. The second kappa shape index (κ2) is 11.5. The Bertz CT molecular complexity index is 827. The standard InChI is InChI=1S/C16H17F6N5OS.HI/c1-23-14(25-6-4-12-27-11(9-29-12)16(20,21)22)26-7-8-28-13-10(15(17,18)19)3-2-5-24-13;/h2-3,5,9H,4,6-8H2,1H3,(H2,23,25,26);1H. The van der Waals surface area contributed by atoms with Crippen molar-refractivity contribution < 1.29 is 31.1 Å². The molecule has 0 spiro atoms. The Labute approximate surface area is 189 Å². The highest BCUT2D eigenvalue weighted by Crippen LogP contribution is 2.34. The monoisotopic (exact) mass is 569 g/mol. The summed E-state index contributed by atoms with van der Waals surface area (Å²) in [6.45, 7) is 0.287. The van der Waals surface area contributed by atoms with Crippen molar-refractivity contribution in [2.45, 2.75) is 18.8 Å². The third-order valence-corrected chi connectivity index (χ3v) is 4.32. The van der Waals surface area contributed by atoms with Crippen LogP contribution in [0.25, 0.3) is 0 Å². The average Bonchev–Trinajstić information content (AvgIpc) is 3.12. The zero-order valence-corrected chi connectivity index (χ0v) is 18.6. The smallest absolute Gasteiger partial charge is 0.434 e. The van der Waals surface area contributed by atoms with Gasteiger partial charge < -0.3 is 15.4 Å². The zero-order valence-electron chi connectivity index (χ0n) is 15.5. The van der Waals surface area contributed by atoms with Crippen LogP contribution in [0.2, 0.25) is 0 Å². The van der Waals surface area contributed by atoms with Gasteiger partial charge in [-0.3, -0.25) is 4.99 Å². The van der Waals surface area contributed by atoms with Gasteiger partial charge in [0.1, 0.15) is 12.2 Å². The van der Waals surface area contributed by atoms with Gasteiger partial charge in [-0.15, -0.1) is 35.3 Å². The van der Waals surface area contributed by atoms with Crippen LogP contribution in [0, 0.1) is 0 Å². The highest BCUT2D eigenvalue weighted by Gasteiger charge is 2.35. The van der Waals surface area contributed by atoms with E-state index in [1.165, 1.54) is 19.3 Å². The van der Waals surface area contributed by atoms with Crippen LogP contribution in [0.1, 0.15) is 16.3 Å². The van der Waals surface area contributed by atoms with Crippen molar-refractivity contribution in [1.29, 1.82) is 0 Å². The number of hydrogen-bond donors (Lipinski definition) is 2. The topological polar surface area (TPSA) is 71.4 Å². The molecule has 0 radical (unpaired) electrons.